The molecule has 3 heteroatoms. The van der Waals surface area contributed by atoms with Crippen LogP contribution in [0, 0.1) is 0 Å². The average Bonchev–Trinajstić information content (AvgIpc) is 2.73. The number of unbranched alkanes of at least 4 members (excludes halogenated alkanes) is 6. The van der Waals surface area contributed by atoms with Gasteiger partial charge in [-0.25, -0.2) is 4.39 Å². The molecule has 1 unspecified atom stereocenters. The van der Waals surface area contributed by atoms with E-state index >= 15 is 0 Å². The summed E-state index contributed by atoms with van der Waals surface area (Å²) in [6.07, 6.45) is 8.83. The van der Waals surface area contributed by atoms with Crippen molar-refractivity contribution < 1.29 is 13.9 Å². The van der Waals surface area contributed by atoms with Gasteiger partial charge in [0.1, 0.15) is 17.7 Å². The Bertz CT molecular complexity index is 771. The van der Waals surface area contributed by atoms with E-state index in [4.69, 9.17) is 9.47 Å². The van der Waals surface area contributed by atoms with Crippen LogP contribution in [0.4, 0.5) is 4.39 Å². The fourth-order valence-electron chi connectivity index (χ4n) is 3.97. The Morgan fingerprint density at radius 1 is 0.759 bits per heavy atom. The van der Waals surface area contributed by atoms with E-state index < -0.39 is 6.17 Å². The van der Waals surface area contributed by atoms with Crippen molar-refractivity contribution >= 4 is 0 Å². The van der Waals surface area contributed by atoms with Gasteiger partial charge in [0.2, 0.25) is 0 Å². The molecule has 0 aliphatic heterocycles. The number of benzene rings is 2. The van der Waals surface area contributed by atoms with Crippen LogP contribution in [0.1, 0.15) is 82.5 Å². The summed E-state index contributed by atoms with van der Waals surface area (Å²) in [5, 5.41) is 0. The van der Waals surface area contributed by atoms with Crippen molar-refractivity contribution in [1.29, 1.82) is 0 Å². The van der Waals surface area contributed by atoms with E-state index in [1.54, 1.807) is 0 Å². The van der Waals surface area contributed by atoms with E-state index in [1.165, 1.54) is 38.5 Å². The van der Waals surface area contributed by atoms with Gasteiger partial charge < -0.3 is 9.47 Å². The first-order valence-electron chi connectivity index (χ1n) is 11.4. The molecular weight excluding hydrogens is 363 g/mol. The topological polar surface area (TPSA) is 18.5 Å². The van der Waals surface area contributed by atoms with E-state index in [9.17, 15) is 4.39 Å². The predicted octanol–water partition coefficient (Wildman–Crippen LogP) is 7.84. The molecule has 0 saturated heterocycles. The van der Waals surface area contributed by atoms with Crippen molar-refractivity contribution in [2.75, 3.05) is 13.2 Å². The van der Waals surface area contributed by atoms with Gasteiger partial charge in [-0.3, -0.25) is 0 Å². The van der Waals surface area contributed by atoms with Crippen LogP contribution >= 0.6 is 0 Å². The Hall–Kier alpha value is -2.03. The van der Waals surface area contributed by atoms with Crippen LogP contribution in [0.25, 0.3) is 11.1 Å². The molecule has 0 N–H and O–H groups in total. The van der Waals surface area contributed by atoms with Gasteiger partial charge in [-0.2, -0.15) is 0 Å². The van der Waals surface area contributed by atoms with Crippen LogP contribution in [0.3, 0.4) is 0 Å². The van der Waals surface area contributed by atoms with E-state index in [0.717, 1.165) is 53.2 Å². The number of hydrogen-bond donors (Lipinski definition) is 0. The van der Waals surface area contributed by atoms with Crippen LogP contribution in [-0.4, -0.2) is 13.2 Å². The van der Waals surface area contributed by atoms with E-state index in [1.807, 2.05) is 30.3 Å². The summed E-state index contributed by atoms with van der Waals surface area (Å²) < 4.78 is 26.7. The SMILES string of the molecule is CCCCCCOc1ccc2c(c1)CC(F)c1cc(OCCCCCC)ccc1-2. The summed E-state index contributed by atoms with van der Waals surface area (Å²) >= 11 is 0. The smallest absolute Gasteiger partial charge is 0.130 e. The molecule has 0 amide bonds. The van der Waals surface area contributed by atoms with Gasteiger partial charge in [-0.05, 0) is 59.4 Å². The molecule has 2 aromatic carbocycles. The molecule has 1 aliphatic carbocycles. The number of hydrogen-bond acceptors (Lipinski definition) is 2. The molecule has 0 saturated carbocycles. The molecule has 0 heterocycles. The third-order valence-corrected chi connectivity index (χ3v) is 5.66. The highest BCUT2D eigenvalue weighted by Gasteiger charge is 2.25. The fourth-order valence-corrected chi connectivity index (χ4v) is 3.97. The first kappa shape index (κ1) is 21.7. The van der Waals surface area contributed by atoms with Gasteiger partial charge in [0.25, 0.3) is 0 Å². The lowest BCUT2D eigenvalue weighted by molar-refractivity contribution is 0.300. The number of fused-ring (bicyclic) bond motifs is 3. The van der Waals surface area contributed by atoms with Crippen molar-refractivity contribution in [3.8, 4) is 22.6 Å². The van der Waals surface area contributed by atoms with Crippen LogP contribution < -0.4 is 9.47 Å². The highest BCUT2D eigenvalue weighted by molar-refractivity contribution is 5.75. The Labute approximate surface area is 175 Å². The molecule has 158 valence electrons. The lowest BCUT2D eigenvalue weighted by Gasteiger charge is -2.24. The minimum Gasteiger partial charge on any atom is -0.494 e. The molecule has 2 nitrogen and oxygen atoms in total. The Morgan fingerprint density at radius 3 is 1.97 bits per heavy atom. The Balaban J connectivity index is 1.64. The maximum absolute atomic E-state index is 15.0. The van der Waals surface area contributed by atoms with Gasteiger partial charge in [0, 0.05) is 6.42 Å². The van der Waals surface area contributed by atoms with Crippen molar-refractivity contribution in [2.24, 2.45) is 0 Å². The average molecular weight is 399 g/mol. The lowest BCUT2D eigenvalue weighted by atomic mass is 9.84. The minimum absolute atomic E-state index is 0.398. The van der Waals surface area contributed by atoms with Gasteiger partial charge in [0.15, 0.2) is 0 Å². The van der Waals surface area contributed by atoms with Crippen LogP contribution in [0.5, 0.6) is 11.5 Å². The maximum Gasteiger partial charge on any atom is 0.130 e. The number of rotatable bonds is 12. The molecule has 0 radical (unpaired) electrons. The summed E-state index contributed by atoms with van der Waals surface area (Å²) in [4.78, 5) is 0. The van der Waals surface area contributed by atoms with Crippen molar-refractivity contribution in [1.82, 2.24) is 0 Å². The van der Waals surface area contributed by atoms with Gasteiger partial charge in [-0.1, -0.05) is 64.5 Å². The number of alkyl halides is 1. The maximum atomic E-state index is 15.0. The summed E-state index contributed by atoms with van der Waals surface area (Å²) in [5.41, 5.74) is 3.87. The molecule has 0 aromatic heterocycles. The molecule has 0 spiro atoms. The third-order valence-electron chi connectivity index (χ3n) is 5.66. The van der Waals surface area contributed by atoms with E-state index in [0.29, 0.717) is 13.0 Å². The first-order valence-corrected chi connectivity index (χ1v) is 11.4. The van der Waals surface area contributed by atoms with Crippen molar-refractivity contribution in [3.63, 3.8) is 0 Å². The predicted molar refractivity (Wildman–Crippen MR) is 119 cm³/mol. The molecule has 1 aliphatic rings. The molecule has 2 aromatic rings. The molecule has 0 fully saturated rings. The summed E-state index contributed by atoms with van der Waals surface area (Å²) in [5.74, 6) is 1.63. The third kappa shape index (κ3) is 5.98. The largest absolute Gasteiger partial charge is 0.494 e. The second-order valence-corrected chi connectivity index (χ2v) is 8.06. The second kappa shape index (κ2) is 11.2. The zero-order valence-corrected chi connectivity index (χ0v) is 18.0. The summed E-state index contributed by atoms with van der Waals surface area (Å²) in [7, 11) is 0. The quantitative estimate of drug-likeness (QED) is 0.339. The Morgan fingerprint density at radius 2 is 1.34 bits per heavy atom. The zero-order chi connectivity index (χ0) is 20.5. The fraction of sp³-hybridized carbons (Fsp3) is 0.538. The number of halogens is 1. The molecule has 29 heavy (non-hydrogen) atoms. The second-order valence-electron chi connectivity index (χ2n) is 8.06. The standard InChI is InChI=1S/C26H35FO2/c1-3-5-7-9-15-28-21-11-13-23-20(17-21)18-26(27)25-19-22(12-14-24(23)25)29-16-10-8-6-4-2/h11-14,17,19,26H,3-10,15-16,18H2,1-2H3. The molecule has 0 bridgehead atoms. The van der Waals surface area contributed by atoms with Crippen LogP contribution in [0.15, 0.2) is 36.4 Å². The summed E-state index contributed by atoms with van der Waals surface area (Å²) in [6.45, 7) is 5.84. The highest BCUT2D eigenvalue weighted by Crippen LogP contribution is 2.43. The van der Waals surface area contributed by atoms with Crippen molar-refractivity contribution in [2.45, 2.75) is 77.8 Å². The Kier molecular flexibility index (Phi) is 8.39. The highest BCUT2D eigenvalue weighted by atomic mass is 19.1. The first-order chi connectivity index (χ1) is 14.2. The van der Waals surface area contributed by atoms with E-state index in [-0.39, 0.29) is 0 Å². The van der Waals surface area contributed by atoms with Gasteiger partial charge >= 0.3 is 0 Å². The molecule has 3 rings (SSSR count). The lowest BCUT2D eigenvalue weighted by Crippen LogP contribution is -2.09. The normalized spacial score (nSPS) is 14.9. The monoisotopic (exact) mass is 398 g/mol. The van der Waals surface area contributed by atoms with Crippen molar-refractivity contribution in [3.05, 3.63) is 47.5 Å². The minimum atomic E-state index is -0.999. The molecular formula is C26H35FO2. The number of ether oxygens (including phenoxy) is 2. The summed E-state index contributed by atoms with van der Waals surface area (Å²) in [6, 6.07) is 12.0. The van der Waals surface area contributed by atoms with Gasteiger partial charge in [-0.15, -0.1) is 0 Å². The van der Waals surface area contributed by atoms with Gasteiger partial charge in [0.05, 0.1) is 13.2 Å². The van der Waals surface area contributed by atoms with Crippen LogP contribution in [0.2, 0.25) is 0 Å². The van der Waals surface area contributed by atoms with E-state index in [2.05, 4.69) is 19.9 Å². The zero-order valence-electron chi connectivity index (χ0n) is 18.0. The van der Waals surface area contributed by atoms with Crippen LogP contribution in [-0.2, 0) is 6.42 Å². The molecule has 1 atom stereocenters.